The van der Waals surface area contributed by atoms with Gasteiger partial charge in [0.1, 0.15) is 11.2 Å². The molecule has 11 nitrogen and oxygen atoms in total. The van der Waals surface area contributed by atoms with E-state index in [0.29, 0.717) is 81.4 Å². The lowest BCUT2D eigenvalue weighted by Crippen LogP contribution is -2.46. The summed E-state index contributed by atoms with van der Waals surface area (Å²) >= 11 is 14.0. The highest BCUT2D eigenvalue weighted by Crippen LogP contribution is 2.42. The van der Waals surface area contributed by atoms with Crippen molar-refractivity contribution in [3.8, 4) is 28.3 Å². The molecule has 5 aromatic rings. The van der Waals surface area contributed by atoms with E-state index < -0.39 is 17.4 Å². The predicted octanol–water partition coefficient (Wildman–Crippen LogP) is 4.97. The lowest BCUT2D eigenvalue weighted by Gasteiger charge is -2.28. The number of aliphatic hydroxyl groups excluding tert-OH is 1. The summed E-state index contributed by atoms with van der Waals surface area (Å²) in [5, 5.41) is 17.9. The van der Waals surface area contributed by atoms with Crippen molar-refractivity contribution >= 4 is 45.6 Å². The van der Waals surface area contributed by atoms with E-state index in [1.165, 1.54) is 11.6 Å². The Morgan fingerprint density at radius 1 is 1.00 bits per heavy atom. The summed E-state index contributed by atoms with van der Waals surface area (Å²) < 4.78 is 13.4. The van der Waals surface area contributed by atoms with Crippen LogP contribution in [0.3, 0.4) is 0 Å². The minimum Gasteiger partial charge on any atom is -0.481 e. The molecule has 47 heavy (non-hydrogen) atoms. The van der Waals surface area contributed by atoms with Crippen LogP contribution in [0.25, 0.3) is 33.3 Å². The monoisotopic (exact) mass is 676 g/mol. The molecule has 1 aliphatic rings. The molecule has 1 fully saturated rings. The highest BCUT2D eigenvalue weighted by molar-refractivity contribution is 6.39. The zero-order valence-electron chi connectivity index (χ0n) is 26.3. The molecule has 6 rings (SSSR count). The Morgan fingerprint density at radius 2 is 1.72 bits per heavy atom. The second-order valence-corrected chi connectivity index (χ2v) is 12.2. The second kappa shape index (κ2) is 13.5. The minimum absolute atomic E-state index is 0.0752. The van der Waals surface area contributed by atoms with Gasteiger partial charge in [-0.2, -0.15) is 0 Å². The van der Waals surface area contributed by atoms with Gasteiger partial charge in [-0.3, -0.25) is 13.9 Å². The number of ether oxygens (including phenoxy) is 2. The van der Waals surface area contributed by atoms with Crippen molar-refractivity contribution in [2.45, 2.75) is 32.0 Å². The van der Waals surface area contributed by atoms with Crippen molar-refractivity contribution in [1.82, 2.24) is 24.4 Å². The van der Waals surface area contributed by atoms with E-state index in [-0.39, 0.29) is 17.2 Å². The molecule has 1 saturated heterocycles. The summed E-state index contributed by atoms with van der Waals surface area (Å²) in [5.41, 5.74) is 4.18. The molecular weight excluding hydrogens is 643 g/mol. The van der Waals surface area contributed by atoms with E-state index in [1.807, 2.05) is 42.5 Å². The molecule has 3 aromatic heterocycles. The van der Waals surface area contributed by atoms with Crippen LogP contribution >= 0.6 is 23.2 Å². The first-order valence-corrected chi connectivity index (χ1v) is 15.8. The SMILES string of the molecule is COc1nc(-c2cccc(-c3cccc(Nc4nc(C)cc5c4c(=O)n(C)c(=O)n5C)c3Cl)c2Cl)ccc1CN[C@@H]1CCOC[C@@H]1O. The third kappa shape index (κ3) is 6.24. The maximum absolute atomic E-state index is 13.2. The molecule has 2 aromatic carbocycles. The fourth-order valence-electron chi connectivity index (χ4n) is 5.84. The number of hydrogen-bond acceptors (Lipinski definition) is 9. The molecule has 3 N–H and O–H groups in total. The maximum Gasteiger partial charge on any atom is 0.330 e. The number of halogens is 2. The zero-order valence-corrected chi connectivity index (χ0v) is 27.8. The summed E-state index contributed by atoms with van der Waals surface area (Å²) in [6.07, 6.45) is 0.146. The first kappa shape index (κ1) is 32.7. The van der Waals surface area contributed by atoms with Crippen LogP contribution < -0.4 is 26.6 Å². The molecular formula is C34H34Cl2N6O5. The molecule has 0 bridgehead atoms. The van der Waals surface area contributed by atoms with Crippen molar-refractivity contribution in [2.75, 3.05) is 25.6 Å². The van der Waals surface area contributed by atoms with Crippen LogP contribution in [-0.2, 0) is 25.4 Å². The smallest absolute Gasteiger partial charge is 0.330 e. The Bertz CT molecular complexity index is 2110. The number of pyridine rings is 2. The van der Waals surface area contributed by atoms with Crippen LogP contribution in [-0.4, -0.2) is 56.7 Å². The van der Waals surface area contributed by atoms with Crippen LogP contribution in [0.15, 0.2) is 64.2 Å². The molecule has 0 saturated carbocycles. The highest BCUT2D eigenvalue weighted by atomic mass is 35.5. The summed E-state index contributed by atoms with van der Waals surface area (Å²) in [4.78, 5) is 35.1. The normalized spacial score (nSPS) is 16.4. The van der Waals surface area contributed by atoms with Gasteiger partial charge >= 0.3 is 5.69 Å². The van der Waals surface area contributed by atoms with Crippen LogP contribution in [0.4, 0.5) is 11.5 Å². The number of benzene rings is 2. The number of aryl methyl sites for hydroxylation is 2. The van der Waals surface area contributed by atoms with Gasteiger partial charge in [-0.15, -0.1) is 0 Å². The lowest BCUT2D eigenvalue weighted by atomic mass is 10.00. The largest absolute Gasteiger partial charge is 0.481 e. The second-order valence-electron chi connectivity index (χ2n) is 11.5. The van der Waals surface area contributed by atoms with Crippen molar-refractivity contribution in [3.63, 3.8) is 0 Å². The summed E-state index contributed by atoms with van der Waals surface area (Å²) in [5.74, 6) is 0.732. The predicted molar refractivity (Wildman–Crippen MR) is 184 cm³/mol. The average Bonchev–Trinajstić information content (AvgIpc) is 3.07. The van der Waals surface area contributed by atoms with Crippen LogP contribution in [0, 0.1) is 6.92 Å². The van der Waals surface area contributed by atoms with Gasteiger partial charge in [0.15, 0.2) is 0 Å². The van der Waals surface area contributed by atoms with E-state index in [4.69, 9.17) is 37.7 Å². The van der Waals surface area contributed by atoms with Gasteiger partial charge in [0.25, 0.3) is 5.56 Å². The minimum atomic E-state index is -0.570. The van der Waals surface area contributed by atoms with E-state index in [2.05, 4.69) is 15.6 Å². The lowest BCUT2D eigenvalue weighted by molar-refractivity contribution is -0.0281. The molecule has 1 aliphatic heterocycles. The molecule has 0 amide bonds. The number of aromatic nitrogens is 4. The van der Waals surface area contributed by atoms with Gasteiger partial charge in [0.05, 0.1) is 46.8 Å². The number of nitrogens with one attached hydrogen (secondary N) is 2. The number of rotatable bonds is 8. The molecule has 4 heterocycles. The third-order valence-corrected chi connectivity index (χ3v) is 9.22. The fraction of sp³-hybridized carbons (Fsp3) is 0.294. The van der Waals surface area contributed by atoms with Crippen molar-refractivity contribution in [1.29, 1.82) is 0 Å². The van der Waals surface area contributed by atoms with Crippen molar-refractivity contribution < 1.29 is 14.6 Å². The molecule has 0 aliphatic carbocycles. The zero-order chi connectivity index (χ0) is 33.4. The maximum atomic E-state index is 13.2. The average molecular weight is 678 g/mol. The Kier molecular flexibility index (Phi) is 9.36. The van der Waals surface area contributed by atoms with E-state index in [9.17, 15) is 14.7 Å². The Balaban J connectivity index is 1.34. The Hall–Kier alpha value is -4.26. The molecule has 0 unspecified atom stereocenters. The Morgan fingerprint density at radius 3 is 2.47 bits per heavy atom. The van der Waals surface area contributed by atoms with E-state index >= 15 is 0 Å². The van der Waals surface area contributed by atoms with Crippen molar-refractivity contribution in [3.05, 3.63) is 96.7 Å². The fourth-order valence-corrected chi connectivity index (χ4v) is 6.44. The third-order valence-electron chi connectivity index (χ3n) is 8.41. The topological polar surface area (TPSA) is 133 Å². The van der Waals surface area contributed by atoms with Crippen LogP contribution in [0.1, 0.15) is 17.7 Å². The molecule has 0 radical (unpaired) electrons. The summed E-state index contributed by atoms with van der Waals surface area (Å²) in [7, 11) is 4.62. The number of anilines is 2. The number of hydrogen-bond donors (Lipinski definition) is 3. The molecule has 2 atom stereocenters. The number of methoxy groups -OCH3 is 1. The number of nitrogens with zero attached hydrogens (tertiary/aromatic N) is 4. The number of fused-ring (bicyclic) bond motifs is 1. The van der Waals surface area contributed by atoms with Gasteiger partial charge in [-0.25, -0.2) is 14.8 Å². The first-order chi connectivity index (χ1) is 22.6. The molecule has 244 valence electrons. The van der Waals surface area contributed by atoms with Crippen LogP contribution in [0.5, 0.6) is 5.88 Å². The molecule has 13 heteroatoms. The van der Waals surface area contributed by atoms with Crippen LogP contribution in [0.2, 0.25) is 10.0 Å². The molecule has 0 spiro atoms. The van der Waals surface area contributed by atoms with Gasteiger partial charge in [0, 0.05) is 61.2 Å². The Labute approximate surface area is 280 Å². The number of aliphatic hydroxyl groups is 1. The van der Waals surface area contributed by atoms with Crippen molar-refractivity contribution in [2.24, 2.45) is 14.1 Å². The van der Waals surface area contributed by atoms with E-state index in [1.54, 1.807) is 33.2 Å². The summed E-state index contributed by atoms with van der Waals surface area (Å²) in [6.45, 7) is 3.17. The van der Waals surface area contributed by atoms with Gasteiger partial charge in [-0.05, 0) is 31.5 Å². The van der Waals surface area contributed by atoms with Gasteiger partial charge in [-0.1, -0.05) is 59.6 Å². The highest BCUT2D eigenvalue weighted by Gasteiger charge is 2.24. The van der Waals surface area contributed by atoms with Gasteiger partial charge in [0.2, 0.25) is 5.88 Å². The first-order valence-electron chi connectivity index (χ1n) is 15.0. The van der Waals surface area contributed by atoms with E-state index in [0.717, 1.165) is 10.1 Å². The summed E-state index contributed by atoms with van der Waals surface area (Å²) in [6, 6.07) is 16.5. The quantitative estimate of drug-likeness (QED) is 0.208. The standard InChI is InChI=1S/C34H34Cl2N6O5/c1-18-15-26-28(33(44)42(3)34(45)41(26)2)31(38-18)39-25-10-6-8-21(30(25)36)20-7-5-9-22(29(20)35)23-12-11-19(32(40-23)46-4)16-37-24-13-14-47-17-27(24)43/h5-12,15,24,27,37,43H,13-14,16-17H2,1-4H3,(H,38,39)/t24-,27+/m1/s1. The van der Waals surface area contributed by atoms with Gasteiger partial charge < -0.3 is 25.2 Å².